The molecular weight excluding hydrogens is 486 g/mol. The van der Waals surface area contributed by atoms with Crippen LogP contribution in [0, 0.1) is 34.5 Å². The minimum atomic E-state index is -0.294. The van der Waals surface area contributed by atoms with Crippen LogP contribution in [0.3, 0.4) is 0 Å². The van der Waals surface area contributed by atoms with Crippen molar-refractivity contribution in [3.05, 3.63) is 36.0 Å². The predicted octanol–water partition coefficient (Wildman–Crippen LogP) is 6.73. The van der Waals surface area contributed by atoms with E-state index in [0.717, 1.165) is 56.2 Å². The highest BCUT2D eigenvalue weighted by Gasteiger charge is 2.63. The molecule has 9 atom stereocenters. The first-order valence-electron chi connectivity index (χ1n) is 15.3. The number of carbonyl (C=O) groups is 1. The minimum absolute atomic E-state index is 0.0537. The number of fused-ring (bicyclic) bond motifs is 5. The number of esters is 1. The van der Waals surface area contributed by atoms with Gasteiger partial charge in [-0.15, -0.1) is 5.10 Å². The number of hydrogen-bond acceptors (Lipinski definition) is 5. The third-order valence-corrected chi connectivity index (χ3v) is 11.8. The Morgan fingerprint density at radius 1 is 1.03 bits per heavy atom. The second kappa shape index (κ2) is 9.43. The first-order valence-corrected chi connectivity index (χ1v) is 15.3. The summed E-state index contributed by atoms with van der Waals surface area (Å²) in [4.78, 5) is 11.9. The molecule has 1 N–H and O–H groups in total. The largest absolute Gasteiger partial charge is 0.462 e. The van der Waals surface area contributed by atoms with Gasteiger partial charge in [0, 0.05) is 17.9 Å². The zero-order valence-corrected chi connectivity index (χ0v) is 24.7. The van der Waals surface area contributed by atoms with E-state index < -0.39 is 0 Å². The van der Waals surface area contributed by atoms with Crippen LogP contribution in [0.2, 0.25) is 0 Å². The van der Waals surface area contributed by atoms with Crippen LogP contribution < -0.4 is 0 Å². The van der Waals surface area contributed by atoms with Gasteiger partial charge in [-0.2, -0.15) is 0 Å². The van der Waals surface area contributed by atoms with Crippen LogP contribution in [0.25, 0.3) is 11.3 Å². The van der Waals surface area contributed by atoms with Gasteiger partial charge in [0.1, 0.15) is 11.8 Å². The fourth-order valence-electron chi connectivity index (χ4n) is 9.74. The fraction of sp³-hybridized carbons (Fsp3) is 0.727. The highest BCUT2D eigenvalue weighted by atomic mass is 16.5. The van der Waals surface area contributed by atoms with Gasteiger partial charge in [0.15, 0.2) is 0 Å². The molecule has 0 bridgehead atoms. The van der Waals surface area contributed by atoms with Gasteiger partial charge < -0.3 is 9.84 Å². The Bertz CT molecular complexity index is 1220. The summed E-state index contributed by atoms with van der Waals surface area (Å²) >= 11 is 0. The quantitative estimate of drug-likeness (QED) is 0.443. The molecule has 0 aliphatic heterocycles. The number of hydrogen-bond donors (Lipinski definition) is 1. The molecule has 4 aliphatic rings. The average molecular weight is 534 g/mol. The average Bonchev–Trinajstić information content (AvgIpc) is 3.48. The van der Waals surface area contributed by atoms with Gasteiger partial charge in [0.25, 0.3) is 0 Å². The van der Waals surface area contributed by atoms with Gasteiger partial charge in [-0.1, -0.05) is 64.1 Å². The van der Waals surface area contributed by atoms with Crippen LogP contribution in [0.15, 0.2) is 30.5 Å². The normalized spacial score (nSPS) is 39.9. The van der Waals surface area contributed by atoms with E-state index in [9.17, 15) is 9.90 Å². The van der Waals surface area contributed by atoms with Crippen molar-refractivity contribution in [1.29, 1.82) is 0 Å². The molecule has 39 heavy (non-hydrogen) atoms. The van der Waals surface area contributed by atoms with Crippen LogP contribution in [0.1, 0.15) is 105 Å². The molecule has 0 spiro atoms. The molecule has 1 aromatic heterocycles. The number of aliphatic hydroxyl groups excluding tert-OH is 1. The summed E-state index contributed by atoms with van der Waals surface area (Å²) < 4.78 is 7.98. The van der Waals surface area contributed by atoms with Crippen molar-refractivity contribution in [2.24, 2.45) is 34.5 Å². The van der Waals surface area contributed by atoms with E-state index >= 15 is 0 Å². The third kappa shape index (κ3) is 4.36. The number of ether oxygens (including phenoxy) is 1. The molecule has 212 valence electrons. The van der Waals surface area contributed by atoms with Crippen LogP contribution in [-0.2, 0) is 14.9 Å². The number of rotatable bonds is 3. The third-order valence-electron chi connectivity index (χ3n) is 11.8. The van der Waals surface area contributed by atoms with Crippen molar-refractivity contribution in [3.8, 4) is 11.3 Å². The molecule has 0 saturated heterocycles. The Hall–Kier alpha value is -2.21. The summed E-state index contributed by atoms with van der Waals surface area (Å²) in [5.41, 5.74) is 3.56. The highest BCUT2D eigenvalue weighted by molar-refractivity contribution is 5.66. The predicted molar refractivity (Wildman–Crippen MR) is 152 cm³/mol. The zero-order chi connectivity index (χ0) is 27.7. The smallest absolute Gasteiger partial charge is 0.302 e. The SMILES string of the molecule is CC(=O)O[C@H]1CC[C@H]2[C@@H]3CC[C@H]4C[C@@H](O)C[C@H](n5cc(-c6ccc(C(C)(C)C)cc6)nn5)[C@]4(C)[C@H]3CC[C@]12C. The lowest BCUT2D eigenvalue weighted by atomic mass is 9.44. The summed E-state index contributed by atoms with van der Waals surface area (Å²) in [6.07, 6.45) is 10.3. The van der Waals surface area contributed by atoms with E-state index in [4.69, 9.17) is 9.95 Å². The first kappa shape index (κ1) is 27.0. The summed E-state index contributed by atoms with van der Waals surface area (Å²) in [5.74, 6) is 2.16. The van der Waals surface area contributed by atoms with E-state index in [1.807, 2.05) is 0 Å². The van der Waals surface area contributed by atoms with Crippen molar-refractivity contribution >= 4 is 5.97 Å². The minimum Gasteiger partial charge on any atom is -0.462 e. The second-order valence-corrected chi connectivity index (χ2v) is 14.8. The molecule has 4 aliphatic carbocycles. The van der Waals surface area contributed by atoms with Gasteiger partial charge in [0.2, 0.25) is 0 Å². The van der Waals surface area contributed by atoms with Gasteiger partial charge in [0.05, 0.1) is 18.3 Å². The summed E-state index contributed by atoms with van der Waals surface area (Å²) in [6.45, 7) is 13.1. The Morgan fingerprint density at radius 3 is 2.46 bits per heavy atom. The maximum Gasteiger partial charge on any atom is 0.302 e. The molecule has 4 fully saturated rings. The molecule has 0 amide bonds. The number of carbonyl (C=O) groups excluding carboxylic acids is 1. The summed E-state index contributed by atoms with van der Waals surface area (Å²) in [6, 6.07) is 8.85. The Morgan fingerprint density at radius 2 is 1.77 bits per heavy atom. The number of nitrogens with zero attached hydrogens (tertiary/aromatic N) is 3. The van der Waals surface area contributed by atoms with E-state index in [2.05, 4.69) is 74.9 Å². The molecule has 0 unspecified atom stereocenters. The monoisotopic (exact) mass is 533 g/mol. The van der Waals surface area contributed by atoms with Crippen molar-refractivity contribution in [2.45, 2.75) is 117 Å². The lowest BCUT2D eigenvalue weighted by Gasteiger charge is -2.62. The molecule has 0 radical (unpaired) electrons. The van der Waals surface area contributed by atoms with Crippen LogP contribution >= 0.6 is 0 Å². The van der Waals surface area contributed by atoms with E-state index in [1.54, 1.807) is 6.92 Å². The Labute approximate surface area is 233 Å². The van der Waals surface area contributed by atoms with E-state index in [-0.39, 0.29) is 40.5 Å². The van der Waals surface area contributed by atoms with Crippen molar-refractivity contribution < 1.29 is 14.6 Å². The van der Waals surface area contributed by atoms with Gasteiger partial charge in [-0.05, 0) is 91.4 Å². The lowest BCUT2D eigenvalue weighted by molar-refractivity contribution is -0.171. The van der Waals surface area contributed by atoms with E-state index in [0.29, 0.717) is 23.7 Å². The Balaban J connectivity index is 1.30. The van der Waals surface area contributed by atoms with Crippen molar-refractivity contribution in [2.75, 3.05) is 0 Å². The zero-order valence-electron chi connectivity index (χ0n) is 24.7. The van der Waals surface area contributed by atoms with Gasteiger partial charge >= 0.3 is 5.97 Å². The molecule has 1 aromatic carbocycles. The maximum atomic E-state index is 11.9. The molecule has 1 heterocycles. The first-order chi connectivity index (χ1) is 18.4. The molecule has 2 aromatic rings. The van der Waals surface area contributed by atoms with Crippen molar-refractivity contribution in [3.63, 3.8) is 0 Å². The lowest BCUT2D eigenvalue weighted by Crippen LogP contribution is -2.58. The molecule has 6 heteroatoms. The van der Waals surface area contributed by atoms with Crippen molar-refractivity contribution in [1.82, 2.24) is 15.0 Å². The maximum absolute atomic E-state index is 11.9. The van der Waals surface area contributed by atoms with E-state index in [1.165, 1.54) is 12.0 Å². The molecule has 6 nitrogen and oxygen atoms in total. The summed E-state index contributed by atoms with van der Waals surface area (Å²) in [7, 11) is 0. The topological polar surface area (TPSA) is 77.2 Å². The van der Waals surface area contributed by atoms with Gasteiger partial charge in [-0.25, -0.2) is 4.68 Å². The second-order valence-electron chi connectivity index (χ2n) is 14.8. The molecule has 6 rings (SSSR count). The Kier molecular flexibility index (Phi) is 6.52. The number of benzene rings is 1. The van der Waals surface area contributed by atoms with Crippen LogP contribution in [0.5, 0.6) is 0 Å². The highest BCUT2D eigenvalue weighted by Crippen LogP contribution is 2.68. The summed E-state index contributed by atoms with van der Waals surface area (Å²) in [5, 5.41) is 20.4. The number of aromatic nitrogens is 3. The standard InChI is InChI=1S/C33H47N3O3/c1-20(37)39-30-14-13-26-25-12-11-23-17-24(38)18-29(33(23,6)27(25)15-16-32(26,30)5)36-19-28(34-35-36)21-7-9-22(10-8-21)31(2,3)4/h7-10,19,23-27,29-30,38H,11-18H2,1-6H3/t23-,24+,25-,26-,27-,29-,30-,32-,33-/m0/s1. The number of aliphatic hydroxyl groups is 1. The van der Waals surface area contributed by atoms with Crippen LogP contribution in [-0.4, -0.2) is 38.3 Å². The molecule has 4 saturated carbocycles. The van der Waals surface area contributed by atoms with Gasteiger partial charge in [-0.3, -0.25) is 4.79 Å². The molecular formula is C33H47N3O3. The fourth-order valence-corrected chi connectivity index (χ4v) is 9.74. The van der Waals surface area contributed by atoms with Crippen LogP contribution in [0.4, 0.5) is 0 Å².